The van der Waals surface area contributed by atoms with Crippen LogP contribution < -0.4 is 9.47 Å². The molecule has 0 bridgehead atoms. The van der Waals surface area contributed by atoms with Gasteiger partial charge in [0.15, 0.2) is 11.5 Å². The van der Waals surface area contributed by atoms with Crippen LogP contribution >= 0.6 is 22.9 Å². The van der Waals surface area contributed by atoms with Crippen molar-refractivity contribution in [2.45, 2.75) is 19.4 Å². The van der Waals surface area contributed by atoms with Crippen molar-refractivity contribution in [3.05, 3.63) is 29.3 Å². The predicted octanol–water partition coefficient (Wildman–Crippen LogP) is 4.55. The highest BCUT2D eigenvalue weighted by molar-refractivity contribution is 7.13. The van der Waals surface area contributed by atoms with Gasteiger partial charge < -0.3 is 9.47 Å². The number of aromatic nitrogens is 1. The molecule has 2 rings (SSSR count). The van der Waals surface area contributed by atoms with Crippen molar-refractivity contribution < 1.29 is 18.3 Å². The van der Waals surface area contributed by atoms with Crippen LogP contribution in [0.25, 0.3) is 10.6 Å². The Morgan fingerprint density at radius 3 is 2.75 bits per heavy atom. The molecule has 1 aromatic carbocycles. The molecule has 0 saturated carbocycles. The van der Waals surface area contributed by atoms with Gasteiger partial charge in [0.2, 0.25) is 0 Å². The maximum atomic E-state index is 12.3. The Kier molecular flexibility index (Phi) is 5.14. The summed E-state index contributed by atoms with van der Waals surface area (Å²) in [5.74, 6) is 0.620. The molecule has 7 heteroatoms. The van der Waals surface area contributed by atoms with E-state index in [0.29, 0.717) is 12.5 Å². The fourth-order valence-corrected chi connectivity index (χ4v) is 2.65. The molecule has 20 heavy (non-hydrogen) atoms. The van der Waals surface area contributed by atoms with Crippen LogP contribution in [0.4, 0.5) is 8.78 Å². The van der Waals surface area contributed by atoms with Crippen molar-refractivity contribution in [1.29, 1.82) is 0 Å². The Bertz CT molecular complexity index is 577. The third-order valence-electron chi connectivity index (χ3n) is 2.40. The van der Waals surface area contributed by atoms with Crippen LogP contribution in [0.5, 0.6) is 11.5 Å². The first-order chi connectivity index (χ1) is 9.63. The van der Waals surface area contributed by atoms with E-state index in [4.69, 9.17) is 16.3 Å². The number of rotatable bonds is 6. The second-order valence-electron chi connectivity index (χ2n) is 3.75. The Balaban J connectivity index is 2.33. The second-order valence-corrected chi connectivity index (χ2v) is 4.88. The van der Waals surface area contributed by atoms with E-state index in [9.17, 15) is 8.78 Å². The molecule has 0 fully saturated rings. The number of alkyl halides is 3. The van der Waals surface area contributed by atoms with Crippen LogP contribution in [0.3, 0.4) is 0 Å². The van der Waals surface area contributed by atoms with Crippen LogP contribution in [0.1, 0.15) is 12.6 Å². The van der Waals surface area contributed by atoms with Gasteiger partial charge in [-0.3, -0.25) is 0 Å². The van der Waals surface area contributed by atoms with E-state index in [1.54, 1.807) is 19.1 Å². The summed E-state index contributed by atoms with van der Waals surface area (Å²) in [6, 6.07) is 4.75. The van der Waals surface area contributed by atoms with E-state index in [0.717, 1.165) is 16.3 Å². The average Bonchev–Trinajstić information content (AvgIpc) is 2.89. The molecule has 0 spiro atoms. The van der Waals surface area contributed by atoms with E-state index < -0.39 is 6.61 Å². The molecule has 108 valence electrons. The topological polar surface area (TPSA) is 31.4 Å². The standard InChI is InChI=1S/C13H12ClF2NO2S/c1-2-18-11-5-8(3-4-10(11)19-13(15)16)12-17-9(6-14)7-20-12/h3-5,7,13H,2,6H2,1H3. The molecule has 0 N–H and O–H groups in total. The number of nitrogens with zero attached hydrogens (tertiary/aromatic N) is 1. The van der Waals surface area contributed by atoms with Crippen molar-refractivity contribution in [3.63, 3.8) is 0 Å². The van der Waals surface area contributed by atoms with Crippen molar-refractivity contribution in [3.8, 4) is 22.1 Å². The van der Waals surface area contributed by atoms with Crippen LogP contribution in [0.15, 0.2) is 23.6 Å². The normalized spacial score (nSPS) is 10.8. The van der Waals surface area contributed by atoms with Gasteiger partial charge in [0.05, 0.1) is 18.2 Å². The van der Waals surface area contributed by atoms with Crippen molar-refractivity contribution >= 4 is 22.9 Å². The van der Waals surface area contributed by atoms with Gasteiger partial charge in [0, 0.05) is 10.9 Å². The zero-order valence-electron chi connectivity index (χ0n) is 10.6. The average molecular weight is 320 g/mol. The zero-order chi connectivity index (χ0) is 14.5. The first kappa shape index (κ1) is 15.0. The van der Waals surface area contributed by atoms with Crippen LogP contribution in [0.2, 0.25) is 0 Å². The Hall–Kier alpha value is -1.40. The van der Waals surface area contributed by atoms with Gasteiger partial charge >= 0.3 is 6.61 Å². The molecule has 0 radical (unpaired) electrons. The maximum absolute atomic E-state index is 12.3. The number of thiazole rings is 1. The minimum atomic E-state index is -2.89. The molecule has 0 atom stereocenters. The highest BCUT2D eigenvalue weighted by atomic mass is 35.5. The quantitative estimate of drug-likeness (QED) is 0.732. The van der Waals surface area contributed by atoms with E-state index >= 15 is 0 Å². The summed E-state index contributed by atoms with van der Waals surface area (Å²) < 4.78 is 34.4. The molecule has 0 aliphatic carbocycles. The molecule has 0 saturated heterocycles. The van der Waals surface area contributed by atoms with E-state index in [2.05, 4.69) is 9.72 Å². The van der Waals surface area contributed by atoms with Gasteiger partial charge in [-0.25, -0.2) is 4.98 Å². The fourth-order valence-electron chi connectivity index (χ4n) is 1.60. The summed E-state index contributed by atoms with van der Waals surface area (Å²) in [6.07, 6.45) is 0. The predicted molar refractivity (Wildman–Crippen MR) is 74.9 cm³/mol. The third kappa shape index (κ3) is 3.58. The minimum Gasteiger partial charge on any atom is -0.490 e. The van der Waals surface area contributed by atoms with Gasteiger partial charge in [-0.2, -0.15) is 8.78 Å². The molecular weight excluding hydrogens is 308 g/mol. The highest BCUT2D eigenvalue weighted by Gasteiger charge is 2.13. The van der Waals surface area contributed by atoms with Crippen molar-refractivity contribution in [2.24, 2.45) is 0 Å². The molecular formula is C13H12ClF2NO2S. The summed E-state index contributed by atoms with van der Waals surface area (Å²) in [5.41, 5.74) is 1.55. The van der Waals surface area contributed by atoms with Gasteiger partial charge in [-0.1, -0.05) is 0 Å². The third-order valence-corrected chi connectivity index (χ3v) is 3.61. The number of halogens is 3. The lowest BCUT2D eigenvalue weighted by molar-refractivity contribution is -0.0514. The largest absolute Gasteiger partial charge is 0.490 e. The first-order valence-electron chi connectivity index (χ1n) is 5.86. The van der Waals surface area contributed by atoms with Crippen LogP contribution in [-0.2, 0) is 5.88 Å². The van der Waals surface area contributed by atoms with E-state index in [1.807, 2.05) is 5.38 Å². The molecule has 0 aliphatic heterocycles. The van der Waals surface area contributed by atoms with Gasteiger partial charge in [-0.15, -0.1) is 22.9 Å². The summed E-state index contributed by atoms with van der Waals surface area (Å²) >= 11 is 7.14. The zero-order valence-corrected chi connectivity index (χ0v) is 12.2. The van der Waals surface area contributed by atoms with Crippen LogP contribution in [-0.4, -0.2) is 18.2 Å². The fraction of sp³-hybridized carbons (Fsp3) is 0.308. The minimum absolute atomic E-state index is 0.0136. The monoisotopic (exact) mass is 319 g/mol. The van der Waals surface area contributed by atoms with Gasteiger partial charge in [0.25, 0.3) is 0 Å². The molecule has 1 heterocycles. The number of hydrogen-bond donors (Lipinski definition) is 0. The first-order valence-corrected chi connectivity index (χ1v) is 7.27. The lowest BCUT2D eigenvalue weighted by Crippen LogP contribution is -2.04. The smallest absolute Gasteiger partial charge is 0.387 e. The van der Waals surface area contributed by atoms with Crippen LogP contribution in [0, 0.1) is 0 Å². The molecule has 0 unspecified atom stereocenters. The summed E-state index contributed by atoms with van der Waals surface area (Å²) in [6.45, 7) is -0.760. The van der Waals surface area contributed by atoms with E-state index in [-0.39, 0.29) is 11.5 Å². The highest BCUT2D eigenvalue weighted by Crippen LogP contribution is 2.34. The Labute approximate surface area is 124 Å². The molecule has 1 aromatic heterocycles. The lowest BCUT2D eigenvalue weighted by Gasteiger charge is -2.12. The summed E-state index contributed by atoms with van der Waals surface area (Å²) in [5, 5.41) is 2.61. The molecule has 3 nitrogen and oxygen atoms in total. The Morgan fingerprint density at radius 2 is 2.15 bits per heavy atom. The lowest BCUT2D eigenvalue weighted by atomic mass is 10.2. The Morgan fingerprint density at radius 1 is 1.35 bits per heavy atom. The summed E-state index contributed by atoms with van der Waals surface area (Å²) in [4.78, 5) is 4.33. The van der Waals surface area contributed by atoms with Gasteiger partial charge in [-0.05, 0) is 25.1 Å². The molecule has 2 aromatic rings. The number of hydrogen-bond acceptors (Lipinski definition) is 4. The second kappa shape index (κ2) is 6.85. The van der Waals surface area contributed by atoms with Crippen molar-refractivity contribution in [1.82, 2.24) is 4.98 Å². The number of benzene rings is 1. The van der Waals surface area contributed by atoms with Crippen molar-refractivity contribution in [2.75, 3.05) is 6.61 Å². The summed E-state index contributed by atoms with van der Waals surface area (Å²) in [7, 11) is 0. The SMILES string of the molecule is CCOc1cc(-c2nc(CCl)cs2)ccc1OC(F)F. The maximum Gasteiger partial charge on any atom is 0.387 e. The van der Waals surface area contributed by atoms with E-state index in [1.165, 1.54) is 17.4 Å². The number of ether oxygens (including phenoxy) is 2. The van der Waals surface area contributed by atoms with Gasteiger partial charge in [0.1, 0.15) is 5.01 Å². The molecule has 0 amide bonds. The molecule has 0 aliphatic rings.